The lowest BCUT2D eigenvalue weighted by molar-refractivity contribution is -0.120. The molecular formula is C19H24FN3O4S. The summed E-state index contributed by atoms with van der Waals surface area (Å²) in [5.41, 5.74) is 0.956. The number of hydrogen-bond acceptors (Lipinski definition) is 4. The van der Waals surface area contributed by atoms with E-state index in [1.165, 1.54) is 33.3 Å². The van der Waals surface area contributed by atoms with Gasteiger partial charge in [0.05, 0.1) is 18.8 Å². The molecule has 1 amide bonds. The van der Waals surface area contributed by atoms with Crippen molar-refractivity contribution in [1.29, 1.82) is 0 Å². The average molecular weight is 409 g/mol. The number of benzene rings is 2. The first-order chi connectivity index (χ1) is 13.2. The summed E-state index contributed by atoms with van der Waals surface area (Å²) in [5.74, 6) is -0.389. The van der Waals surface area contributed by atoms with Crippen LogP contribution in [0.4, 0.5) is 10.1 Å². The molecule has 9 heteroatoms. The van der Waals surface area contributed by atoms with Crippen LogP contribution in [0.5, 0.6) is 5.75 Å². The van der Waals surface area contributed by atoms with Gasteiger partial charge in [-0.3, -0.25) is 4.79 Å². The van der Waals surface area contributed by atoms with E-state index >= 15 is 0 Å². The highest BCUT2D eigenvalue weighted by Gasteiger charge is 2.28. The topological polar surface area (TPSA) is 79.0 Å². The van der Waals surface area contributed by atoms with Gasteiger partial charge in [-0.1, -0.05) is 18.2 Å². The minimum Gasteiger partial charge on any atom is -0.496 e. The van der Waals surface area contributed by atoms with Crippen LogP contribution in [0.1, 0.15) is 18.5 Å². The summed E-state index contributed by atoms with van der Waals surface area (Å²) in [6.45, 7) is 1.32. The molecule has 0 fully saturated rings. The lowest BCUT2D eigenvalue weighted by Crippen LogP contribution is -2.46. The number of amides is 1. The Labute approximate surface area is 164 Å². The fourth-order valence-corrected chi connectivity index (χ4v) is 3.69. The number of halogens is 1. The molecule has 1 N–H and O–H groups in total. The highest BCUT2D eigenvalue weighted by Crippen LogP contribution is 2.25. The van der Waals surface area contributed by atoms with Crippen molar-refractivity contribution in [2.75, 3.05) is 32.1 Å². The zero-order chi connectivity index (χ0) is 20.9. The summed E-state index contributed by atoms with van der Waals surface area (Å²) in [5, 5.41) is 2.78. The van der Waals surface area contributed by atoms with Gasteiger partial charge in [0.1, 0.15) is 18.1 Å². The number of para-hydroxylation sites is 1. The highest BCUT2D eigenvalue weighted by molar-refractivity contribution is 7.90. The van der Waals surface area contributed by atoms with Gasteiger partial charge in [-0.05, 0) is 37.3 Å². The SMILES string of the molecule is COc1ccccc1[C@@H](C)NC(=O)CN(c1ccc(F)cc1)S(=O)(=O)N(C)C. The van der Waals surface area contributed by atoms with Gasteiger partial charge >= 0.3 is 10.2 Å². The fraction of sp³-hybridized carbons (Fsp3) is 0.316. The van der Waals surface area contributed by atoms with Gasteiger partial charge in [-0.15, -0.1) is 0 Å². The van der Waals surface area contributed by atoms with Gasteiger partial charge in [-0.2, -0.15) is 12.7 Å². The Morgan fingerprint density at radius 2 is 1.75 bits per heavy atom. The second-order valence-corrected chi connectivity index (χ2v) is 8.37. The van der Waals surface area contributed by atoms with Crippen molar-refractivity contribution in [2.45, 2.75) is 13.0 Å². The Hall–Kier alpha value is -2.65. The van der Waals surface area contributed by atoms with Crippen LogP contribution in [0, 0.1) is 5.82 Å². The molecule has 0 radical (unpaired) electrons. The zero-order valence-corrected chi connectivity index (χ0v) is 17.0. The smallest absolute Gasteiger partial charge is 0.304 e. The lowest BCUT2D eigenvalue weighted by atomic mass is 10.1. The summed E-state index contributed by atoms with van der Waals surface area (Å²) < 4.78 is 45.8. The number of rotatable bonds is 8. The number of nitrogens with zero attached hydrogens (tertiary/aromatic N) is 2. The van der Waals surface area contributed by atoms with Gasteiger partial charge in [0.2, 0.25) is 5.91 Å². The van der Waals surface area contributed by atoms with Crippen LogP contribution >= 0.6 is 0 Å². The number of methoxy groups -OCH3 is 1. The first-order valence-electron chi connectivity index (χ1n) is 8.55. The van der Waals surface area contributed by atoms with E-state index in [1.807, 2.05) is 18.2 Å². The normalized spacial score (nSPS) is 12.5. The van der Waals surface area contributed by atoms with E-state index in [0.717, 1.165) is 26.3 Å². The van der Waals surface area contributed by atoms with Crippen molar-refractivity contribution in [1.82, 2.24) is 9.62 Å². The third-order valence-corrected chi connectivity index (χ3v) is 5.94. The third-order valence-electron chi connectivity index (χ3n) is 4.12. The molecule has 28 heavy (non-hydrogen) atoms. The van der Waals surface area contributed by atoms with Crippen LogP contribution in [0.15, 0.2) is 48.5 Å². The van der Waals surface area contributed by atoms with Crippen LogP contribution in [-0.2, 0) is 15.0 Å². The minimum absolute atomic E-state index is 0.190. The predicted octanol–water partition coefficient (Wildman–Crippen LogP) is 2.32. The number of carbonyl (C=O) groups excluding carboxylic acids is 1. The van der Waals surface area contributed by atoms with Crippen LogP contribution in [0.3, 0.4) is 0 Å². The molecule has 0 bridgehead atoms. The minimum atomic E-state index is -3.95. The summed E-state index contributed by atoms with van der Waals surface area (Å²) in [4.78, 5) is 12.6. The molecule has 2 aromatic rings. The van der Waals surface area contributed by atoms with Gasteiger partial charge in [-0.25, -0.2) is 8.70 Å². The quantitative estimate of drug-likeness (QED) is 0.726. The summed E-state index contributed by atoms with van der Waals surface area (Å²) in [7, 11) is 0.305. The summed E-state index contributed by atoms with van der Waals surface area (Å²) >= 11 is 0. The number of anilines is 1. The summed E-state index contributed by atoms with van der Waals surface area (Å²) in [6, 6.07) is 11.7. The van der Waals surface area contributed by atoms with E-state index in [1.54, 1.807) is 13.0 Å². The van der Waals surface area contributed by atoms with Crippen molar-refractivity contribution in [3.05, 3.63) is 59.9 Å². The maximum absolute atomic E-state index is 13.2. The van der Waals surface area contributed by atoms with Gasteiger partial charge in [0.25, 0.3) is 0 Å². The zero-order valence-electron chi connectivity index (χ0n) is 16.2. The lowest BCUT2D eigenvalue weighted by Gasteiger charge is -2.27. The van der Waals surface area contributed by atoms with Crippen LogP contribution < -0.4 is 14.4 Å². The second-order valence-electron chi connectivity index (χ2n) is 6.30. The molecule has 0 aliphatic rings. The molecule has 2 rings (SSSR count). The highest BCUT2D eigenvalue weighted by atomic mass is 32.2. The number of ether oxygens (including phenoxy) is 1. The van der Waals surface area contributed by atoms with E-state index in [9.17, 15) is 17.6 Å². The van der Waals surface area contributed by atoms with Gasteiger partial charge in [0, 0.05) is 19.7 Å². The number of hydrogen-bond donors (Lipinski definition) is 1. The van der Waals surface area contributed by atoms with Crippen molar-refractivity contribution in [3.8, 4) is 5.75 Å². The molecule has 0 unspecified atom stereocenters. The molecule has 2 aromatic carbocycles. The Balaban J connectivity index is 2.24. The van der Waals surface area contributed by atoms with Crippen molar-refractivity contribution < 1.29 is 22.3 Å². The molecule has 0 aliphatic heterocycles. The molecular weight excluding hydrogens is 385 g/mol. The molecule has 0 aromatic heterocycles. The third kappa shape index (κ3) is 4.99. The maximum Gasteiger partial charge on any atom is 0.304 e. The van der Waals surface area contributed by atoms with Crippen LogP contribution in [0.2, 0.25) is 0 Å². The molecule has 0 spiro atoms. The monoisotopic (exact) mass is 409 g/mol. The van der Waals surface area contributed by atoms with E-state index in [0.29, 0.717) is 5.75 Å². The first kappa shape index (κ1) is 21.6. The molecule has 0 saturated heterocycles. The Bertz CT molecular complexity index is 917. The van der Waals surface area contributed by atoms with Crippen molar-refractivity contribution >= 4 is 21.8 Å². The van der Waals surface area contributed by atoms with Crippen LogP contribution in [0.25, 0.3) is 0 Å². The number of nitrogens with one attached hydrogen (secondary N) is 1. The van der Waals surface area contributed by atoms with Crippen LogP contribution in [-0.4, -0.2) is 46.4 Å². The Morgan fingerprint density at radius 3 is 2.32 bits per heavy atom. The molecule has 152 valence electrons. The van der Waals surface area contributed by atoms with Crippen molar-refractivity contribution in [2.24, 2.45) is 0 Å². The molecule has 0 saturated carbocycles. The van der Waals surface area contributed by atoms with Crippen molar-refractivity contribution in [3.63, 3.8) is 0 Å². The summed E-state index contributed by atoms with van der Waals surface area (Å²) in [6.07, 6.45) is 0. The molecule has 0 aliphatic carbocycles. The Kier molecular flexibility index (Phi) is 6.98. The Morgan fingerprint density at radius 1 is 1.14 bits per heavy atom. The fourth-order valence-electron chi connectivity index (χ4n) is 2.63. The second kappa shape index (κ2) is 9.03. The largest absolute Gasteiger partial charge is 0.496 e. The standard InChI is InChI=1S/C19H24FN3O4S/c1-14(17-7-5-6-8-18(17)27-4)21-19(24)13-23(28(25,26)22(2)3)16-11-9-15(20)10-12-16/h5-12,14H,13H2,1-4H3,(H,21,24)/t14-/m1/s1. The van der Waals surface area contributed by atoms with E-state index < -0.39 is 34.5 Å². The molecule has 7 nitrogen and oxygen atoms in total. The first-order valence-corrected chi connectivity index (χ1v) is 9.94. The average Bonchev–Trinajstić information content (AvgIpc) is 2.66. The molecule has 0 heterocycles. The van der Waals surface area contributed by atoms with E-state index in [2.05, 4.69) is 5.32 Å². The van der Waals surface area contributed by atoms with E-state index in [4.69, 9.17) is 4.74 Å². The van der Waals surface area contributed by atoms with E-state index in [-0.39, 0.29) is 5.69 Å². The maximum atomic E-state index is 13.2. The van der Waals surface area contributed by atoms with Gasteiger partial charge < -0.3 is 10.1 Å². The predicted molar refractivity (Wildman–Crippen MR) is 106 cm³/mol. The number of carbonyl (C=O) groups is 1. The van der Waals surface area contributed by atoms with Gasteiger partial charge in [0.15, 0.2) is 0 Å². The molecule has 1 atom stereocenters.